The van der Waals surface area contributed by atoms with Crippen LogP contribution in [0.2, 0.25) is 0 Å². The van der Waals surface area contributed by atoms with Crippen LogP contribution in [0.3, 0.4) is 0 Å². The van der Waals surface area contributed by atoms with E-state index in [0.717, 1.165) is 5.01 Å². The number of hydrazine groups is 1. The van der Waals surface area contributed by atoms with Gasteiger partial charge < -0.3 is 4.18 Å². The van der Waals surface area contributed by atoms with Crippen LogP contribution in [0.25, 0.3) is 0 Å². The predicted octanol–water partition coefficient (Wildman–Crippen LogP) is 0.231. The maximum Gasteiger partial charge on any atom is 0.448 e. The highest BCUT2D eigenvalue weighted by molar-refractivity contribution is 8.00. The summed E-state index contributed by atoms with van der Waals surface area (Å²) >= 11 is 1.22. The SMILES string of the molecule is O=C(CCSC1C=CC=CN1N1C(=O)CCC1=O)OS(=O)(=O)O. The molecule has 23 heavy (non-hydrogen) atoms. The lowest BCUT2D eigenvalue weighted by Crippen LogP contribution is -2.47. The van der Waals surface area contributed by atoms with Crippen molar-refractivity contribution >= 4 is 39.9 Å². The normalized spacial score (nSPS) is 21.2. The highest BCUT2D eigenvalue weighted by atomic mass is 32.3. The van der Waals surface area contributed by atoms with E-state index in [0.29, 0.717) is 0 Å². The molecule has 2 amide bonds. The van der Waals surface area contributed by atoms with Crippen LogP contribution < -0.4 is 0 Å². The lowest BCUT2D eigenvalue weighted by atomic mass is 10.4. The van der Waals surface area contributed by atoms with E-state index in [1.54, 1.807) is 24.4 Å². The third-order valence-electron chi connectivity index (χ3n) is 2.94. The first-order valence-corrected chi connectivity index (χ1v) is 8.99. The van der Waals surface area contributed by atoms with Gasteiger partial charge >= 0.3 is 16.4 Å². The summed E-state index contributed by atoms with van der Waals surface area (Å²) in [5.74, 6) is -1.52. The molecule has 0 spiro atoms. The van der Waals surface area contributed by atoms with Gasteiger partial charge in [0.1, 0.15) is 5.37 Å². The van der Waals surface area contributed by atoms with E-state index in [2.05, 4.69) is 4.18 Å². The summed E-state index contributed by atoms with van der Waals surface area (Å²) in [6.45, 7) is 0. The molecule has 1 N–H and O–H groups in total. The molecule has 11 heteroatoms. The largest absolute Gasteiger partial charge is 0.448 e. The number of carbonyl (C=O) groups is 3. The number of hydrogen-bond acceptors (Lipinski definition) is 8. The molecular formula is C12H14N2O7S2. The Labute approximate surface area is 136 Å². The van der Waals surface area contributed by atoms with Crippen molar-refractivity contribution in [2.75, 3.05) is 5.75 Å². The van der Waals surface area contributed by atoms with Crippen LogP contribution in [-0.4, -0.2) is 51.9 Å². The highest BCUT2D eigenvalue weighted by Gasteiger charge is 2.36. The van der Waals surface area contributed by atoms with Crippen molar-refractivity contribution in [1.29, 1.82) is 0 Å². The maximum absolute atomic E-state index is 11.8. The van der Waals surface area contributed by atoms with E-state index in [1.807, 2.05) is 0 Å². The zero-order valence-electron chi connectivity index (χ0n) is 11.8. The molecule has 1 unspecified atom stereocenters. The molecule has 0 aromatic heterocycles. The lowest BCUT2D eigenvalue weighted by molar-refractivity contribution is -0.153. The highest BCUT2D eigenvalue weighted by Crippen LogP contribution is 2.27. The quantitative estimate of drug-likeness (QED) is 0.522. The molecule has 126 valence electrons. The molecule has 2 aliphatic heterocycles. The number of imide groups is 1. The minimum Gasteiger partial charge on any atom is -0.325 e. The molecule has 0 bridgehead atoms. The number of rotatable bonds is 6. The predicted molar refractivity (Wildman–Crippen MR) is 79.7 cm³/mol. The molecule has 2 aliphatic rings. The van der Waals surface area contributed by atoms with E-state index >= 15 is 0 Å². The monoisotopic (exact) mass is 362 g/mol. The third kappa shape index (κ3) is 4.81. The minimum atomic E-state index is -4.81. The Balaban J connectivity index is 1.92. The van der Waals surface area contributed by atoms with Crippen LogP contribution >= 0.6 is 11.8 Å². The summed E-state index contributed by atoms with van der Waals surface area (Å²) in [6, 6.07) is 0. The Hall–Kier alpha value is -1.85. The van der Waals surface area contributed by atoms with Crippen LogP contribution in [0.1, 0.15) is 19.3 Å². The van der Waals surface area contributed by atoms with E-state index in [9.17, 15) is 22.8 Å². The molecule has 0 aromatic carbocycles. The molecule has 0 radical (unpaired) electrons. The van der Waals surface area contributed by atoms with Crippen LogP contribution in [0.15, 0.2) is 24.4 Å². The van der Waals surface area contributed by atoms with Gasteiger partial charge in [0, 0.05) is 24.8 Å². The Kier molecular flexibility index (Phi) is 5.44. The first-order valence-electron chi connectivity index (χ1n) is 6.58. The lowest BCUT2D eigenvalue weighted by Gasteiger charge is -2.35. The number of carbonyl (C=O) groups excluding carboxylic acids is 3. The second-order valence-corrected chi connectivity index (χ2v) is 6.85. The van der Waals surface area contributed by atoms with Gasteiger partial charge in [-0.1, -0.05) is 12.2 Å². The number of nitrogens with zero attached hydrogens (tertiary/aromatic N) is 2. The van der Waals surface area contributed by atoms with Crippen molar-refractivity contribution in [2.24, 2.45) is 0 Å². The molecule has 0 aromatic rings. The van der Waals surface area contributed by atoms with E-state index < -0.39 is 21.7 Å². The van der Waals surface area contributed by atoms with Gasteiger partial charge in [-0.2, -0.15) is 13.4 Å². The Morgan fingerprint density at radius 2 is 1.96 bits per heavy atom. The maximum atomic E-state index is 11.8. The topological polar surface area (TPSA) is 121 Å². The fraction of sp³-hybridized carbons (Fsp3) is 0.417. The minimum absolute atomic E-state index is 0.158. The summed E-state index contributed by atoms with van der Waals surface area (Å²) in [6.07, 6.45) is 6.77. The summed E-state index contributed by atoms with van der Waals surface area (Å²) in [7, 11) is -4.81. The average molecular weight is 362 g/mol. The summed E-state index contributed by atoms with van der Waals surface area (Å²) < 4.78 is 33.0. The van der Waals surface area contributed by atoms with Crippen molar-refractivity contribution in [3.63, 3.8) is 0 Å². The van der Waals surface area contributed by atoms with Crippen molar-refractivity contribution < 1.29 is 31.5 Å². The van der Waals surface area contributed by atoms with Gasteiger partial charge in [-0.05, 0) is 6.08 Å². The Morgan fingerprint density at radius 3 is 2.57 bits per heavy atom. The van der Waals surface area contributed by atoms with E-state index in [-0.39, 0.29) is 36.8 Å². The fourth-order valence-corrected chi connectivity index (χ4v) is 3.39. The second-order valence-electron chi connectivity index (χ2n) is 4.60. The van der Waals surface area contributed by atoms with Crippen molar-refractivity contribution in [2.45, 2.75) is 24.6 Å². The molecule has 2 heterocycles. The van der Waals surface area contributed by atoms with Crippen molar-refractivity contribution in [3.05, 3.63) is 24.4 Å². The molecule has 0 saturated carbocycles. The summed E-state index contributed by atoms with van der Waals surface area (Å²) in [5, 5.41) is 2.13. The third-order valence-corrected chi connectivity index (χ3v) is 4.49. The van der Waals surface area contributed by atoms with Gasteiger partial charge in [0.05, 0.1) is 6.42 Å². The molecule has 1 atom stereocenters. The van der Waals surface area contributed by atoms with Crippen molar-refractivity contribution in [3.8, 4) is 0 Å². The van der Waals surface area contributed by atoms with E-state index in [1.165, 1.54) is 16.8 Å². The molecule has 1 fully saturated rings. The number of allylic oxidation sites excluding steroid dienone is 2. The van der Waals surface area contributed by atoms with Gasteiger partial charge in [-0.25, -0.2) is 0 Å². The average Bonchev–Trinajstić information content (AvgIpc) is 2.77. The van der Waals surface area contributed by atoms with Gasteiger partial charge in [0.15, 0.2) is 0 Å². The zero-order valence-corrected chi connectivity index (χ0v) is 13.5. The molecule has 2 rings (SSSR count). The van der Waals surface area contributed by atoms with Gasteiger partial charge in [0.2, 0.25) is 11.8 Å². The van der Waals surface area contributed by atoms with Gasteiger partial charge in [-0.15, -0.1) is 11.8 Å². The van der Waals surface area contributed by atoms with Crippen LogP contribution in [0, 0.1) is 0 Å². The second kappa shape index (κ2) is 7.15. The Morgan fingerprint density at radius 1 is 1.30 bits per heavy atom. The standard InChI is InChI=1S/C12H14N2O7S2/c15-9-4-5-10(16)14(9)13-7-2-1-3-11(13)22-8-6-12(17)21-23(18,19)20/h1-3,7,11H,4-6,8H2,(H,18,19,20). The molecular weight excluding hydrogens is 348 g/mol. The Bertz CT molecular complexity index is 655. The smallest absolute Gasteiger partial charge is 0.325 e. The van der Waals surface area contributed by atoms with Crippen LogP contribution in [-0.2, 0) is 29.0 Å². The summed E-state index contributed by atoms with van der Waals surface area (Å²) in [5.41, 5.74) is 0. The molecule has 1 saturated heterocycles. The van der Waals surface area contributed by atoms with Crippen LogP contribution in [0.4, 0.5) is 0 Å². The first kappa shape index (κ1) is 17.5. The van der Waals surface area contributed by atoms with E-state index in [4.69, 9.17) is 4.55 Å². The van der Waals surface area contributed by atoms with Crippen LogP contribution in [0.5, 0.6) is 0 Å². The molecule has 0 aliphatic carbocycles. The van der Waals surface area contributed by atoms with Gasteiger partial charge in [-0.3, -0.25) is 23.9 Å². The number of thioether (sulfide) groups is 1. The fourth-order valence-electron chi connectivity index (χ4n) is 2.03. The van der Waals surface area contributed by atoms with Gasteiger partial charge in [0.25, 0.3) is 0 Å². The summed E-state index contributed by atoms with van der Waals surface area (Å²) in [4.78, 5) is 34.8. The molecule has 9 nitrogen and oxygen atoms in total. The first-order chi connectivity index (χ1) is 10.8. The number of hydrogen-bond donors (Lipinski definition) is 1. The van der Waals surface area contributed by atoms with Crippen molar-refractivity contribution in [1.82, 2.24) is 10.0 Å². The number of amides is 2. The zero-order chi connectivity index (χ0) is 17.0.